The molecule has 0 spiro atoms. The normalized spacial score (nSPS) is 10.7. The van der Waals surface area contributed by atoms with Crippen molar-refractivity contribution in [2.75, 3.05) is 7.05 Å². The van der Waals surface area contributed by atoms with Gasteiger partial charge in [-0.2, -0.15) is 0 Å². The van der Waals surface area contributed by atoms with Gasteiger partial charge in [-0.25, -0.2) is 4.98 Å². The molecule has 0 radical (unpaired) electrons. The van der Waals surface area contributed by atoms with Crippen LogP contribution in [0.25, 0.3) is 0 Å². The highest BCUT2D eigenvalue weighted by atomic mass is 16.2. The maximum Gasteiger partial charge on any atom is 0.293 e. The van der Waals surface area contributed by atoms with Gasteiger partial charge in [-0.1, -0.05) is 6.92 Å². The number of aromatic nitrogens is 3. The maximum absolute atomic E-state index is 11.8. The zero-order valence-electron chi connectivity index (χ0n) is 9.74. The molecule has 1 N–H and O–H groups in total. The van der Waals surface area contributed by atoms with Crippen molar-refractivity contribution in [1.29, 1.82) is 0 Å². The summed E-state index contributed by atoms with van der Waals surface area (Å²) < 4.78 is 0. The molecular weight excluding hydrogens is 192 g/mol. The minimum absolute atomic E-state index is 0.136. The number of amides is 1. The molecule has 0 atom stereocenters. The Morgan fingerprint density at radius 1 is 1.53 bits per heavy atom. The van der Waals surface area contributed by atoms with Gasteiger partial charge >= 0.3 is 0 Å². The van der Waals surface area contributed by atoms with Crippen molar-refractivity contribution < 1.29 is 4.79 Å². The van der Waals surface area contributed by atoms with Crippen LogP contribution in [0.4, 0.5) is 0 Å². The second kappa shape index (κ2) is 4.91. The van der Waals surface area contributed by atoms with Gasteiger partial charge in [0.15, 0.2) is 0 Å². The Bertz CT molecular complexity index is 332. The van der Waals surface area contributed by atoms with Gasteiger partial charge in [0, 0.05) is 19.5 Å². The van der Waals surface area contributed by atoms with Gasteiger partial charge in [0.2, 0.25) is 5.82 Å². The predicted octanol–water partition coefficient (Wildman–Crippen LogP) is 1.24. The first-order chi connectivity index (χ1) is 7.06. The number of carbonyl (C=O) groups excluding carboxylic acids is 1. The van der Waals surface area contributed by atoms with E-state index in [0.29, 0.717) is 0 Å². The Balaban J connectivity index is 2.74. The number of carbonyl (C=O) groups is 1. The van der Waals surface area contributed by atoms with Gasteiger partial charge in [0.25, 0.3) is 5.91 Å². The summed E-state index contributed by atoms with van der Waals surface area (Å²) >= 11 is 0. The highest BCUT2D eigenvalue weighted by Crippen LogP contribution is 2.02. The van der Waals surface area contributed by atoms with Gasteiger partial charge < -0.3 is 4.90 Å². The van der Waals surface area contributed by atoms with Crippen LogP contribution in [0.1, 0.15) is 43.6 Å². The van der Waals surface area contributed by atoms with Crippen LogP contribution in [0.2, 0.25) is 0 Å². The monoisotopic (exact) mass is 210 g/mol. The molecule has 1 heterocycles. The molecule has 0 aliphatic carbocycles. The van der Waals surface area contributed by atoms with E-state index in [2.05, 4.69) is 22.1 Å². The SMILES string of the molecule is CCCc1nc(C(=O)N(C)C(C)C)n[nH]1. The van der Waals surface area contributed by atoms with Crippen molar-refractivity contribution in [2.24, 2.45) is 0 Å². The number of nitrogens with zero attached hydrogens (tertiary/aromatic N) is 3. The van der Waals surface area contributed by atoms with Crippen LogP contribution >= 0.6 is 0 Å². The van der Waals surface area contributed by atoms with Crippen LogP contribution in [0.3, 0.4) is 0 Å². The van der Waals surface area contributed by atoms with Gasteiger partial charge in [0.1, 0.15) is 5.82 Å². The minimum atomic E-state index is -0.136. The van der Waals surface area contributed by atoms with Crippen LogP contribution < -0.4 is 0 Å². The Labute approximate surface area is 89.9 Å². The molecule has 0 fully saturated rings. The lowest BCUT2D eigenvalue weighted by atomic mass is 10.3. The van der Waals surface area contributed by atoms with Crippen LogP contribution in [0.5, 0.6) is 0 Å². The second-order valence-corrected chi connectivity index (χ2v) is 3.87. The smallest absolute Gasteiger partial charge is 0.293 e. The van der Waals surface area contributed by atoms with Gasteiger partial charge in [-0.05, 0) is 20.3 Å². The van der Waals surface area contributed by atoms with Crippen molar-refractivity contribution in [3.05, 3.63) is 11.6 Å². The van der Waals surface area contributed by atoms with Crippen LogP contribution in [0.15, 0.2) is 0 Å². The molecule has 84 valence electrons. The fourth-order valence-electron chi connectivity index (χ4n) is 1.13. The summed E-state index contributed by atoms with van der Waals surface area (Å²) in [5, 5.41) is 6.68. The summed E-state index contributed by atoms with van der Waals surface area (Å²) in [5.41, 5.74) is 0. The van der Waals surface area contributed by atoms with E-state index in [9.17, 15) is 4.79 Å². The van der Waals surface area contributed by atoms with Gasteiger partial charge in [0.05, 0.1) is 0 Å². The van der Waals surface area contributed by atoms with Crippen molar-refractivity contribution in [3.8, 4) is 0 Å². The average Bonchev–Trinajstić information content (AvgIpc) is 2.64. The Hall–Kier alpha value is -1.39. The molecule has 0 aliphatic heterocycles. The fourth-order valence-corrected chi connectivity index (χ4v) is 1.13. The third-order valence-corrected chi connectivity index (χ3v) is 2.30. The van der Waals surface area contributed by atoms with E-state index in [4.69, 9.17) is 0 Å². The number of rotatable bonds is 4. The predicted molar refractivity (Wildman–Crippen MR) is 57.6 cm³/mol. The molecule has 0 aliphatic rings. The first-order valence-corrected chi connectivity index (χ1v) is 5.24. The third kappa shape index (κ3) is 2.78. The van der Waals surface area contributed by atoms with Crippen LogP contribution in [-0.4, -0.2) is 39.1 Å². The number of H-pyrrole nitrogens is 1. The summed E-state index contributed by atoms with van der Waals surface area (Å²) in [6, 6.07) is 0.158. The molecular formula is C10H18N4O. The van der Waals surface area contributed by atoms with Crippen molar-refractivity contribution in [1.82, 2.24) is 20.1 Å². The highest BCUT2D eigenvalue weighted by Gasteiger charge is 2.18. The molecule has 1 amide bonds. The lowest BCUT2D eigenvalue weighted by molar-refractivity contribution is 0.0743. The molecule has 0 unspecified atom stereocenters. The number of hydrogen-bond donors (Lipinski definition) is 1. The number of aromatic amines is 1. The fraction of sp³-hybridized carbons (Fsp3) is 0.700. The molecule has 0 saturated carbocycles. The number of hydrogen-bond acceptors (Lipinski definition) is 3. The topological polar surface area (TPSA) is 61.9 Å². The van der Waals surface area contributed by atoms with Crippen molar-refractivity contribution in [3.63, 3.8) is 0 Å². The van der Waals surface area contributed by atoms with E-state index >= 15 is 0 Å². The van der Waals surface area contributed by atoms with E-state index in [-0.39, 0.29) is 17.8 Å². The third-order valence-electron chi connectivity index (χ3n) is 2.30. The standard InChI is InChI=1S/C10H18N4O/c1-5-6-8-11-9(13-12-8)10(15)14(4)7(2)3/h7H,5-6H2,1-4H3,(H,11,12,13). The van der Waals surface area contributed by atoms with Crippen LogP contribution in [-0.2, 0) is 6.42 Å². The van der Waals surface area contributed by atoms with Gasteiger partial charge in [-0.3, -0.25) is 9.89 Å². The molecule has 5 nitrogen and oxygen atoms in total. The summed E-state index contributed by atoms with van der Waals surface area (Å²) in [7, 11) is 1.75. The van der Waals surface area contributed by atoms with E-state index in [1.807, 2.05) is 13.8 Å². The molecule has 1 rings (SSSR count). The van der Waals surface area contributed by atoms with Crippen LogP contribution in [0, 0.1) is 0 Å². The zero-order valence-corrected chi connectivity index (χ0v) is 9.74. The Morgan fingerprint density at radius 3 is 2.73 bits per heavy atom. The quantitative estimate of drug-likeness (QED) is 0.813. The largest absolute Gasteiger partial charge is 0.337 e. The highest BCUT2D eigenvalue weighted by molar-refractivity contribution is 5.90. The van der Waals surface area contributed by atoms with Crippen molar-refractivity contribution >= 4 is 5.91 Å². The van der Waals surface area contributed by atoms with Gasteiger partial charge in [-0.15, -0.1) is 5.10 Å². The summed E-state index contributed by atoms with van der Waals surface area (Å²) in [6.07, 6.45) is 1.81. The first-order valence-electron chi connectivity index (χ1n) is 5.24. The molecule has 5 heteroatoms. The second-order valence-electron chi connectivity index (χ2n) is 3.87. The van der Waals surface area contributed by atoms with E-state index in [1.165, 1.54) is 0 Å². The lowest BCUT2D eigenvalue weighted by Crippen LogP contribution is -2.33. The first kappa shape index (κ1) is 11.7. The maximum atomic E-state index is 11.8. The molecule has 0 bridgehead atoms. The summed E-state index contributed by atoms with van der Waals surface area (Å²) in [4.78, 5) is 17.6. The molecule has 1 aromatic rings. The molecule has 0 saturated heterocycles. The van der Waals surface area contributed by atoms with E-state index in [0.717, 1.165) is 18.7 Å². The zero-order chi connectivity index (χ0) is 11.4. The van der Waals surface area contributed by atoms with E-state index < -0.39 is 0 Å². The Morgan fingerprint density at radius 2 is 2.20 bits per heavy atom. The molecule has 0 aromatic carbocycles. The average molecular weight is 210 g/mol. The summed E-state index contributed by atoms with van der Waals surface area (Å²) in [6.45, 7) is 5.97. The Kier molecular flexibility index (Phi) is 3.82. The lowest BCUT2D eigenvalue weighted by Gasteiger charge is -2.19. The van der Waals surface area contributed by atoms with Crippen molar-refractivity contribution in [2.45, 2.75) is 39.7 Å². The summed E-state index contributed by atoms with van der Waals surface area (Å²) in [5.74, 6) is 0.899. The molecule has 1 aromatic heterocycles. The minimum Gasteiger partial charge on any atom is -0.337 e. The number of aryl methyl sites for hydroxylation is 1. The number of nitrogens with one attached hydrogen (secondary N) is 1. The van der Waals surface area contributed by atoms with E-state index in [1.54, 1.807) is 11.9 Å². The molecule has 15 heavy (non-hydrogen) atoms.